The smallest absolute Gasteiger partial charge is 0.226 e. The molecule has 0 bridgehead atoms. The van der Waals surface area contributed by atoms with Crippen molar-refractivity contribution in [3.63, 3.8) is 0 Å². The minimum Gasteiger partial charge on any atom is -0.366 e. The van der Waals surface area contributed by atoms with Crippen LogP contribution >= 0.6 is 0 Å². The quantitative estimate of drug-likeness (QED) is 0.927. The van der Waals surface area contributed by atoms with E-state index in [0.29, 0.717) is 17.9 Å². The summed E-state index contributed by atoms with van der Waals surface area (Å²) in [6.45, 7) is 3.55. The lowest BCUT2D eigenvalue weighted by molar-refractivity contribution is -0.133. The Morgan fingerprint density at radius 2 is 2.04 bits per heavy atom. The molecule has 3 heterocycles. The first-order valence-corrected chi connectivity index (χ1v) is 8.96. The molecule has 1 aliphatic heterocycles. The number of rotatable bonds is 4. The number of aromatic nitrogens is 3. The third kappa shape index (κ3) is 3.62. The van der Waals surface area contributed by atoms with E-state index in [4.69, 9.17) is 0 Å². The number of pyridine rings is 1. The van der Waals surface area contributed by atoms with Crippen LogP contribution in [-0.4, -0.2) is 45.1 Å². The number of piperidine rings is 1. The van der Waals surface area contributed by atoms with Crippen LogP contribution in [0.4, 0.5) is 5.82 Å². The monoisotopic (exact) mass is 337 g/mol. The molecule has 6 heteroatoms. The van der Waals surface area contributed by atoms with E-state index in [2.05, 4.69) is 26.6 Å². The Hall–Kier alpha value is -2.50. The molecule has 1 saturated heterocycles. The predicted octanol–water partition coefficient (Wildman–Crippen LogP) is 2.39. The number of aryl methyl sites for hydroxylation is 1. The van der Waals surface area contributed by atoms with Crippen molar-refractivity contribution in [1.82, 2.24) is 20.1 Å². The van der Waals surface area contributed by atoms with Crippen molar-refractivity contribution in [1.29, 1.82) is 0 Å². The van der Waals surface area contributed by atoms with Gasteiger partial charge in [-0.2, -0.15) is 5.10 Å². The zero-order valence-electron chi connectivity index (χ0n) is 14.4. The van der Waals surface area contributed by atoms with Crippen molar-refractivity contribution in [2.45, 2.75) is 38.1 Å². The van der Waals surface area contributed by atoms with Crippen molar-refractivity contribution >= 4 is 11.7 Å². The van der Waals surface area contributed by atoms with Gasteiger partial charge in [0, 0.05) is 37.4 Å². The van der Waals surface area contributed by atoms with Gasteiger partial charge in [0.2, 0.25) is 5.91 Å². The summed E-state index contributed by atoms with van der Waals surface area (Å²) in [6, 6.07) is 8.29. The van der Waals surface area contributed by atoms with E-state index >= 15 is 0 Å². The van der Waals surface area contributed by atoms with Crippen LogP contribution in [0.15, 0.2) is 36.7 Å². The van der Waals surface area contributed by atoms with Gasteiger partial charge in [-0.05, 0) is 55.9 Å². The standard InChI is InChI=1S/C19H23N5O/c1-13-4-5-18(23-22-13)21-15-6-9-24(10-7-15)19(25)17-11-16(17)14-3-2-8-20-12-14/h2-5,8,12,15-17H,6-7,9-11H2,1H3,(H,21,23)/t16-,17-/m1/s1. The molecule has 1 N–H and O–H groups in total. The van der Waals surface area contributed by atoms with Gasteiger partial charge >= 0.3 is 0 Å². The molecule has 4 rings (SSSR count). The zero-order valence-corrected chi connectivity index (χ0v) is 14.4. The van der Waals surface area contributed by atoms with E-state index in [0.717, 1.165) is 43.9 Å². The molecule has 2 aromatic heterocycles. The van der Waals surface area contributed by atoms with E-state index in [1.54, 1.807) is 6.20 Å². The molecule has 0 radical (unpaired) electrons. The number of nitrogens with zero attached hydrogens (tertiary/aromatic N) is 4. The average Bonchev–Trinajstić information content (AvgIpc) is 3.45. The number of amides is 1. The molecular weight excluding hydrogens is 314 g/mol. The molecule has 6 nitrogen and oxygen atoms in total. The summed E-state index contributed by atoms with van der Waals surface area (Å²) in [4.78, 5) is 18.9. The maximum absolute atomic E-state index is 12.7. The molecule has 2 aromatic rings. The van der Waals surface area contributed by atoms with Crippen LogP contribution in [0.25, 0.3) is 0 Å². The van der Waals surface area contributed by atoms with Crippen LogP contribution in [-0.2, 0) is 4.79 Å². The van der Waals surface area contributed by atoms with Crippen molar-refractivity contribution in [3.8, 4) is 0 Å². The van der Waals surface area contributed by atoms with Gasteiger partial charge in [-0.3, -0.25) is 9.78 Å². The van der Waals surface area contributed by atoms with Crippen molar-refractivity contribution in [2.75, 3.05) is 18.4 Å². The van der Waals surface area contributed by atoms with Crippen molar-refractivity contribution < 1.29 is 4.79 Å². The number of nitrogens with one attached hydrogen (secondary N) is 1. The molecule has 2 atom stereocenters. The third-order valence-corrected chi connectivity index (χ3v) is 5.18. The molecule has 1 aliphatic carbocycles. The summed E-state index contributed by atoms with van der Waals surface area (Å²) in [5.41, 5.74) is 2.11. The fourth-order valence-corrected chi connectivity index (χ4v) is 3.60. The van der Waals surface area contributed by atoms with Crippen LogP contribution in [0.3, 0.4) is 0 Å². The number of carbonyl (C=O) groups is 1. The van der Waals surface area contributed by atoms with E-state index < -0.39 is 0 Å². The Labute approximate surface area is 147 Å². The molecule has 25 heavy (non-hydrogen) atoms. The number of carbonyl (C=O) groups excluding carboxylic acids is 1. The van der Waals surface area contributed by atoms with Crippen LogP contribution < -0.4 is 5.32 Å². The fourth-order valence-electron chi connectivity index (χ4n) is 3.60. The summed E-state index contributed by atoms with van der Waals surface area (Å²) in [5.74, 6) is 1.63. The lowest BCUT2D eigenvalue weighted by Gasteiger charge is -2.32. The first-order valence-electron chi connectivity index (χ1n) is 8.96. The number of hydrogen-bond donors (Lipinski definition) is 1. The van der Waals surface area contributed by atoms with Gasteiger partial charge < -0.3 is 10.2 Å². The van der Waals surface area contributed by atoms with Crippen LogP contribution in [0.2, 0.25) is 0 Å². The van der Waals surface area contributed by atoms with E-state index in [1.165, 1.54) is 5.56 Å². The maximum atomic E-state index is 12.7. The Bertz CT molecular complexity index is 725. The molecule has 0 spiro atoms. The van der Waals surface area contributed by atoms with Gasteiger partial charge in [-0.1, -0.05) is 6.07 Å². The largest absolute Gasteiger partial charge is 0.366 e. The Kier molecular flexibility index (Phi) is 4.34. The zero-order chi connectivity index (χ0) is 17.2. The minimum absolute atomic E-state index is 0.150. The first kappa shape index (κ1) is 16.0. The number of hydrogen-bond acceptors (Lipinski definition) is 5. The SMILES string of the molecule is Cc1ccc(NC2CCN(C(=O)[C@@H]3C[C@@H]3c3cccnc3)CC2)nn1. The highest BCUT2D eigenvalue weighted by atomic mass is 16.2. The second-order valence-electron chi connectivity index (χ2n) is 7.04. The third-order valence-electron chi connectivity index (χ3n) is 5.18. The van der Waals surface area contributed by atoms with Crippen LogP contribution in [0.1, 0.15) is 36.4 Å². The van der Waals surface area contributed by atoms with Gasteiger partial charge in [0.1, 0.15) is 5.82 Å². The highest BCUT2D eigenvalue weighted by Gasteiger charge is 2.46. The minimum atomic E-state index is 0.150. The number of likely N-dealkylation sites (tertiary alicyclic amines) is 1. The Morgan fingerprint density at radius 1 is 1.20 bits per heavy atom. The molecule has 130 valence electrons. The molecule has 2 aliphatic rings. The van der Waals surface area contributed by atoms with Gasteiger partial charge in [0.05, 0.1) is 5.69 Å². The normalized spacial score (nSPS) is 23.3. The van der Waals surface area contributed by atoms with Gasteiger partial charge in [-0.15, -0.1) is 5.10 Å². The fraction of sp³-hybridized carbons (Fsp3) is 0.474. The summed E-state index contributed by atoms with van der Waals surface area (Å²) in [5, 5.41) is 11.7. The molecule has 0 unspecified atom stereocenters. The summed E-state index contributed by atoms with van der Waals surface area (Å²) >= 11 is 0. The molecule has 2 fully saturated rings. The molecule has 1 saturated carbocycles. The van der Waals surface area contributed by atoms with Crippen molar-refractivity contribution in [2.24, 2.45) is 5.92 Å². The Balaban J connectivity index is 1.27. The van der Waals surface area contributed by atoms with Gasteiger partial charge in [0.15, 0.2) is 0 Å². The summed E-state index contributed by atoms with van der Waals surface area (Å²) < 4.78 is 0. The van der Waals surface area contributed by atoms with Crippen LogP contribution in [0, 0.1) is 12.8 Å². The van der Waals surface area contributed by atoms with Gasteiger partial charge in [0.25, 0.3) is 0 Å². The van der Waals surface area contributed by atoms with Crippen LogP contribution in [0.5, 0.6) is 0 Å². The molecule has 1 amide bonds. The highest BCUT2D eigenvalue weighted by molar-refractivity contribution is 5.83. The second-order valence-corrected chi connectivity index (χ2v) is 7.04. The second kappa shape index (κ2) is 6.78. The first-order chi connectivity index (χ1) is 12.2. The molecular formula is C19H23N5O. The topological polar surface area (TPSA) is 71.0 Å². The van der Waals surface area contributed by atoms with E-state index in [-0.39, 0.29) is 5.92 Å². The Morgan fingerprint density at radius 3 is 2.72 bits per heavy atom. The summed E-state index contributed by atoms with van der Waals surface area (Å²) in [7, 11) is 0. The van der Waals surface area contributed by atoms with Crippen molar-refractivity contribution in [3.05, 3.63) is 47.9 Å². The lowest BCUT2D eigenvalue weighted by atomic mass is 10.0. The number of anilines is 1. The van der Waals surface area contributed by atoms with E-state index in [1.807, 2.05) is 36.2 Å². The maximum Gasteiger partial charge on any atom is 0.226 e. The molecule has 0 aromatic carbocycles. The average molecular weight is 337 g/mol. The lowest BCUT2D eigenvalue weighted by Crippen LogP contribution is -2.43. The highest BCUT2D eigenvalue weighted by Crippen LogP contribution is 2.48. The van der Waals surface area contributed by atoms with Gasteiger partial charge in [-0.25, -0.2) is 0 Å². The summed E-state index contributed by atoms with van der Waals surface area (Å²) in [6.07, 6.45) is 6.52. The predicted molar refractivity (Wildman–Crippen MR) is 95.1 cm³/mol. The van der Waals surface area contributed by atoms with E-state index in [9.17, 15) is 4.79 Å².